The van der Waals surface area contributed by atoms with Gasteiger partial charge in [0.05, 0.1) is 11.4 Å². The summed E-state index contributed by atoms with van der Waals surface area (Å²) in [6.07, 6.45) is 0. The minimum absolute atomic E-state index is 0.228. The van der Waals surface area contributed by atoms with Crippen LogP contribution in [0.25, 0.3) is 0 Å². The van der Waals surface area contributed by atoms with Gasteiger partial charge in [-0.25, -0.2) is 8.42 Å². The summed E-state index contributed by atoms with van der Waals surface area (Å²) in [5, 5.41) is 17.6. The summed E-state index contributed by atoms with van der Waals surface area (Å²) in [4.78, 5) is 0. The van der Waals surface area contributed by atoms with Gasteiger partial charge in [-0.15, -0.1) is 5.10 Å². The molecule has 0 aliphatic heterocycles. The SMILES string of the molecule is Cc1cc(O)c(NS(=O)(=O)Cc2cc(Cl)cc(Cl)c2)nn1. The van der Waals surface area contributed by atoms with E-state index in [1.54, 1.807) is 6.92 Å². The van der Waals surface area contributed by atoms with Gasteiger partial charge in [-0.3, -0.25) is 4.72 Å². The second-order valence-electron chi connectivity index (χ2n) is 4.36. The Morgan fingerprint density at radius 1 is 1.14 bits per heavy atom. The van der Waals surface area contributed by atoms with Crippen molar-refractivity contribution in [3.05, 3.63) is 45.6 Å². The van der Waals surface area contributed by atoms with Crippen LogP contribution in [0.1, 0.15) is 11.3 Å². The van der Waals surface area contributed by atoms with Crippen molar-refractivity contribution in [1.29, 1.82) is 0 Å². The lowest BCUT2D eigenvalue weighted by atomic mass is 10.2. The smallest absolute Gasteiger partial charge is 0.238 e. The molecule has 1 aromatic heterocycles. The lowest BCUT2D eigenvalue weighted by Gasteiger charge is -2.09. The Labute approximate surface area is 131 Å². The van der Waals surface area contributed by atoms with Gasteiger partial charge in [-0.1, -0.05) is 23.2 Å². The largest absolute Gasteiger partial charge is 0.504 e. The average Bonchev–Trinajstić information content (AvgIpc) is 2.30. The average molecular weight is 348 g/mol. The van der Waals surface area contributed by atoms with Gasteiger partial charge < -0.3 is 5.11 Å². The van der Waals surface area contributed by atoms with E-state index in [1.165, 1.54) is 24.3 Å². The minimum Gasteiger partial charge on any atom is -0.504 e. The molecule has 0 spiro atoms. The summed E-state index contributed by atoms with van der Waals surface area (Å²) < 4.78 is 26.3. The molecule has 0 radical (unpaired) electrons. The van der Waals surface area contributed by atoms with E-state index < -0.39 is 10.0 Å². The van der Waals surface area contributed by atoms with Gasteiger partial charge in [-0.05, 0) is 30.7 Å². The minimum atomic E-state index is -3.79. The molecule has 0 saturated heterocycles. The first-order chi connectivity index (χ1) is 9.75. The van der Waals surface area contributed by atoms with Crippen LogP contribution in [0, 0.1) is 6.92 Å². The molecular weight excluding hydrogens is 337 g/mol. The maximum Gasteiger partial charge on any atom is 0.238 e. The quantitative estimate of drug-likeness (QED) is 0.886. The molecule has 0 aliphatic carbocycles. The van der Waals surface area contributed by atoms with Crippen molar-refractivity contribution in [2.75, 3.05) is 4.72 Å². The fourth-order valence-electron chi connectivity index (χ4n) is 1.64. The zero-order chi connectivity index (χ0) is 15.6. The van der Waals surface area contributed by atoms with Crippen molar-refractivity contribution in [2.24, 2.45) is 0 Å². The number of benzene rings is 1. The molecule has 0 amide bonds. The van der Waals surface area contributed by atoms with Crippen molar-refractivity contribution in [3.8, 4) is 5.75 Å². The predicted octanol–water partition coefficient (Wildman–Crippen LogP) is 2.74. The van der Waals surface area contributed by atoms with E-state index in [9.17, 15) is 13.5 Å². The Kier molecular flexibility index (Phi) is 4.55. The molecule has 6 nitrogen and oxygen atoms in total. The van der Waals surface area contributed by atoms with Gasteiger partial charge in [0.25, 0.3) is 0 Å². The fourth-order valence-corrected chi connectivity index (χ4v) is 3.33. The van der Waals surface area contributed by atoms with Gasteiger partial charge in [0.2, 0.25) is 15.8 Å². The number of hydrogen-bond donors (Lipinski definition) is 2. The summed E-state index contributed by atoms with van der Waals surface area (Å²) in [5.41, 5.74) is 0.886. The van der Waals surface area contributed by atoms with Crippen LogP contribution in [0.15, 0.2) is 24.3 Å². The first-order valence-electron chi connectivity index (χ1n) is 5.74. The van der Waals surface area contributed by atoms with E-state index in [2.05, 4.69) is 14.9 Å². The summed E-state index contributed by atoms with van der Waals surface area (Å²) >= 11 is 11.6. The summed E-state index contributed by atoms with van der Waals surface area (Å²) in [7, 11) is -3.79. The van der Waals surface area contributed by atoms with E-state index in [1.807, 2.05) is 0 Å². The molecule has 2 rings (SSSR count). The summed E-state index contributed by atoms with van der Waals surface area (Å²) in [6.45, 7) is 1.62. The first kappa shape index (κ1) is 15.8. The Morgan fingerprint density at radius 3 is 2.33 bits per heavy atom. The number of aryl methyl sites for hydroxylation is 1. The summed E-state index contributed by atoms with van der Waals surface area (Å²) in [5.74, 6) is -0.883. The molecule has 0 bridgehead atoms. The fraction of sp³-hybridized carbons (Fsp3) is 0.167. The van der Waals surface area contributed by atoms with Crippen LogP contribution in [-0.4, -0.2) is 23.7 Å². The molecule has 0 saturated carbocycles. The molecule has 1 aromatic carbocycles. The van der Waals surface area contributed by atoms with Crippen LogP contribution in [0.4, 0.5) is 5.82 Å². The van der Waals surface area contributed by atoms with Crippen molar-refractivity contribution < 1.29 is 13.5 Å². The van der Waals surface area contributed by atoms with E-state index in [0.29, 0.717) is 21.3 Å². The highest BCUT2D eigenvalue weighted by Crippen LogP contribution is 2.23. The van der Waals surface area contributed by atoms with Crippen molar-refractivity contribution in [2.45, 2.75) is 12.7 Å². The van der Waals surface area contributed by atoms with Crippen LogP contribution in [-0.2, 0) is 15.8 Å². The Hall–Kier alpha value is -1.57. The van der Waals surface area contributed by atoms with Gasteiger partial charge in [0.15, 0.2) is 5.75 Å². The predicted molar refractivity (Wildman–Crippen MR) is 81.1 cm³/mol. The van der Waals surface area contributed by atoms with Gasteiger partial charge >= 0.3 is 0 Å². The number of aromatic hydroxyl groups is 1. The van der Waals surface area contributed by atoms with E-state index in [0.717, 1.165) is 0 Å². The third-order valence-electron chi connectivity index (χ3n) is 2.43. The molecule has 2 N–H and O–H groups in total. The molecule has 21 heavy (non-hydrogen) atoms. The van der Waals surface area contributed by atoms with Crippen molar-refractivity contribution in [3.63, 3.8) is 0 Å². The summed E-state index contributed by atoms with van der Waals surface area (Å²) in [6, 6.07) is 5.80. The van der Waals surface area contributed by atoms with Crippen LogP contribution in [0.3, 0.4) is 0 Å². The monoisotopic (exact) mass is 347 g/mol. The van der Waals surface area contributed by atoms with Gasteiger partial charge in [0.1, 0.15) is 0 Å². The lowest BCUT2D eigenvalue weighted by molar-refractivity contribution is 0.473. The molecule has 0 atom stereocenters. The highest BCUT2D eigenvalue weighted by atomic mass is 35.5. The number of nitrogens with zero attached hydrogens (tertiary/aromatic N) is 2. The van der Waals surface area contributed by atoms with Crippen LogP contribution in [0.5, 0.6) is 5.75 Å². The molecule has 0 fully saturated rings. The number of nitrogens with one attached hydrogen (secondary N) is 1. The van der Waals surface area contributed by atoms with Crippen LogP contribution >= 0.6 is 23.2 Å². The lowest BCUT2D eigenvalue weighted by Crippen LogP contribution is -2.16. The number of anilines is 1. The number of halogens is 2. The van der Waals surface area contributed by atoms with E-state index in [-0.39, 0.29) is 17.3 Å². The molecule has 0 aliphatic rings. The van der Waals surface area contributed by atoms with Gasteiger partial charge in [0, 0.05) is 16.1 Å². The number of sulfonamides is 1. The molecular formula is C12H11Cl2N3O3S. The highest BCUT2D eigenvalue weighted by molar-refractivity contribution is 7.91. The first-order valence-corrected chi connectivity index (χ1v) is 8.15. The maximum absolute atomic E-state index is 12.1. The maximum atomic E-state index is 12.1. The standard InChI is InChI=1S/C12H11Cl2N3O3S/c1-7-2-11(18)12(16-15-7)17-21(19,20)6-8-3-9(13)5-10(14)4-8/h2-5H,6H2,1H3,(H,15,18)(H,16,17). The van der Waals surface area contributed by atoms with Gasteiger partial charge in [-0.2, -0.15) is 5.10 Å². The number of aromatic nitrogens is 2. The Balaban J connectivity index is 2.22. The molecule has 1 heterocycles. The normalized spacial score (nSPS) is 11.4. The topological polar surface area (TPSA) is 92.2 Å². The third kappa shape index (κ3) is 4.45. The molecule has 0 unspecified atom stereocenters. The molecule has 112 valence electrons. The Bertz CT molecular complexity index is 761. The van der Waals surface area contributed by atoms with Crippen LogP contribution in [0.2, 0.25) is 10.0 Å². The Morgan fingerprint density at radius 2 is 1.76 bits per heavy atom. The van der Waals surface area contributed by atoms with E-state index >= 15 is 0 Å². The molecule has 2 aromatic rings. The third-order valence-corrected chi connectivity index (χ3v) is 4.08. The van der Waals surface area contributed by atoms with Crippen molar-refractivity contribution in [1.82, 2.24) is 10.2 Å². The second kappa shape index (κ2) is 6.05. The van der Waals surface area contributed by atoms with E-state index in [4.69, 9.17) is 23.2 Å². The zero-order valence-corrected chi connectivity index (χ0v) is 13.2. The zero-order valence-electron chi connectivity index (χ0n) is 10.8. The molecule has 9 heteroatoms. The second-order valence-corrected chi connectivity index (χ2v) is 6.95. The van der Waals surface area contributed by atoms with Crippen molar-refractivity contribution >= 4 is 39.0 Å². The highest BCUT2D eigenvalue weighted by Gasteiger charge is 2.16. The number of rotatable bonds is 4. The number of hydrogen-bond acceptors (Lipinski definition) is 5. The van der Waals surface area contributed by atoms with Crippen LogP contribution < -0.4 is 4.72 Å².